The van der Waals surface area contributed by atoms with Crippen LogP contribution < -0.4 is 4.74 Å². The van der Waals surface area contributed by atoms with E-state index in [9.17, 15) is 0 Å². The lowest BCUT2D eigenvalue weighted by Crippen LogP contribution is -2.34. The molecule has 1 N–H and O–H groups in total. The number of H-pyrrole nitrogens is 1. The van der Waals surface area contributed by atoms with Crippen LogP contribution in [0.1, 0.15) is 43.4 Å². The highest BCUT2D eigenvalue weighted by molar-refractivity contribution is 5.86. The lowest BCUT2D eigenvalue weighted by atomic mass is 9.71. The van der Waals surface area contributed by atoms with Gasteiger partial charge in [-0.2, -0.15) is 0 Å². The fraction of sp³-hybridized carbons (Fsp3) is 0.600. The maximum absolute atomic E-state index is 5.45. The van der Waals surface area contributed by atoms with Gasteiger partial charge in [-0.3, -0.25) is 4.90 Å². The van der Waals surface area contributed by atoms with Crippen LogP contribution in [0.25, 0.3) is 10.9 Å². The Morgan fingerprint density at radius 1 is 1.30 bits per heavy atom. The number of ether oxygens (including phenoxy) is 1. The summed E-state index contributed by atoms with van der Waals surface area (Å²) in [6.45, 7) is 4.92. The predicted molar refractivity (Wildman–Crippen MR) is 93.2 cm³/mol. The van der Waals surface area contributed by atoms with Crippen molar-refractivity contribution in [3.05, 3.63) is 29.5 Å². The number of aromatic nitrogens is 1. The summed E-state index contributed by atoms with van der Waals surface area (Å²) in [6, 6.07) is 7.27. The van der Waals surface area contributed by atoms with Crippen molar-refractivity contribution in [2.45, 2.75) is 44.6 Å². The average molecular weight is 310 g/mol. The summed E-state index contributed by atoms with van der Waals surface area (Å²) in [4.78, 5) is 6.61. The number of hydrogen-bond donors (Lipinski definition) is 1. The van der Waals surface area contributed by atoms with Crippen LogP contribution in [0.2, 0.25) is 0 Å². The molecule has 1 saturated carbocycles. The van der Waals surface area contributed by atoms with Crippen LogP contribution in [0.5, 0.6) is 5.75 Å². The van der Waals surface area contributed by atoms with E-state index < -0.39 is 0 Å². The number of methoxy groups -OCH3 is 1. The summed E-state index contributed by atoms with van der Waals surface area (Å²) in [5.74, 6) is 3.50. The lowest BCUT2D eigenvalue weighted by molar-refractivity contribution is 0.201. The minimum Gasteiger partial charge on any atom is -0.497 e. The maximum atomic E-state index is 5.45. The summed E-state index contributed by atoms with van der Waals surface area (Å²) >= 11 is 0. The Morgan fingerprint density at radius 3 is 3.04 bits per heavy atom. The van der Waals surface area contributed by atoms with E-state index in [1.807, 2.05) is 0 Å². The van der Waals surface area contributed by atoms with Crippen LogP contribution in [0.15, 0.2) is 18.2 Å². The van der Waals surface area contributed by atoms with Gasteiger partial charge in [0.1, 0.15) is 5.75 Å². The highest BCUT2D eigenvalue weighted by atomic mass is 16.5. The molecule has 23 heavy (non-hydrogen) atoms. The third kappa shape index (κ3) is 1.92. The Kier molecular flexibility index (Phi) is 3.03. The molecule has 1 aliphatic carbocycles. The molecule has 3 heteroatoms. The Hall–Kier alpha value is -1.48. The highest BCUT2D eigenvalue weighted by Gasteiger charge is 2.49. The molecule has 0 amide bonds. The molecule has 5 atom stereocenters. The molecule has 2 aromatic rings. The first-order valence-corrected chi connectivity index (χ1v) is 9.21. The van der Waals surface area contributed by atoms with E-state index in [1.165, 1.54) is 49.7 Å². The Morgan fingerprint density at radius 2 is 2.22 bits per heavy atom. The number of fused-ring (bicyclic) bond motifs is 3. The Balaban J connectivity index is 1.64. The molecule has 3 nitrogen and oxygen atoms in total. The van der Waals surface area contributed by atoms with Crippen molar-refractivity contribution in [3.63, 3.8) is 0 Å². The van der Waals surface area contributed by atoms with Gasteiger partial charge in [0, 0.05) is 41.6 Å². The topological polar surface area (TPSA) is 28.3 Å². The van der Waals surface area contributed by atoms with Gasteiger partial charge in [0.15, 0.2) is 0 Å². The van der Waals surface area contributed by atoms with Crippen LogP contribution in [0, 0.1) is 11.8 Å². The summed E-state index contributed by atoms with van der Waals surface area (Å²) < 4.78 is 5.45. The molecular formula is C20H26N2O. The van der Waals surface area contributed by atoms with Crippen molar-refractivity contribution in [2.75, 3.05) is 20.2 Å². The smallest absolute Gasteiger partial charge is 0.119 e. The molecule has 3 unspecified atom stereocenters. The lowest BCUT2D eigenvalue weighted by Gasteiger charge is -2.35. The summed E-state index contributed by atoms with van der Waals surface area (Å²) in [7, 11) is 1.76. The Bertz CT molecular complexity index is 749. The van der Waals surface area contributed by atoms with Crippen LogP contribution in [0.4, 0.5) is 0 Å². The van der Waals surface area contributed by atoms with Gasteiger partial charge >= 0.3 is 0 Å². The van der Waals surface area contributed by atoms with Crippen LogP contribution in [-0.2, 0) is 6.42 Å². The zero-order chi connectivity index (χ0) is 15.6. The first-order valence-electron chi connectivity index (χ1n) is 9.21. The number of hydrogen-bond acceptors (Lipinski definition) is 2. The summed E-state index contributed by atoms with van der Waals surface area (Å²) in [6.07, 6.45) is 5.35. The molecule has 122 valence electrons. The summed E-state index contributed by atoms with van der Waals surface area (Å²) in [5, 5.41) is 1.39. The van der Waals surface area contributed by atoms with E-state index in [-0.39, 0.29) is 0 Å². The number of benzene rings is 1. The van der Waals surface area contributed by atoms with E-state index in [0.29, 0.717) is 0 Å². The van der Waals surface area contributed by atoms with E-state index in [2.05, 4.69) is 35.0 Å². The van der Waals surface area contributed by atoms with Gasteiger partial charge in [0.2, 0.25) is 0 Å². The fourth-order valence-electron chi connectivity index (χ4n) is 5.68. The van der Waals surface area contributed by atoms with Crippen molar-refractivity contribution < 1.29 is 4.74 Å². The fourth-order valence-corrected chi connectivity index (χ4v) is 5.68. The largest absolute Gasteiger partial charge is 0.497 e. The van der Waals surface area contributed by atoms with Gasteiger partial charge < -0.3 is 9.72 Å². The predicted octanol–water partition coefficient (Wildman–Crippen LogP) is 3.94. The third-order valence-electron chi connectivity index (χ3n) is 6.78. The number of aromatic amines is 1. The molecule has 3 aliphatic rings. The van der Waals surface area contributed by atoms with Gasteiger partial charge in [-0.1, -0.05) is 13.3 Å². The van der Waals surface area contributed by atoms with Gasteiger partial charge in [-0.15, -0.1) is 0 Å². The molecular weight excluding hydrogens is 284 g/mol. The quantitative estimate of drug-likeness (QED) is 0.910. The molecule has 0 spiro atoms. The zero-order valence-corrected chi connectivity index (χ0v) is 14.1. The minimum atomic E-state index is 0.730. The van der Waals surface area contributed by atoms with Crippen LogP contribution in [-0.4, -0.2) is 36.1 Å². The van der Waals surface area contributed by atoms with Gasteiger partial charge in [-0.25, -0.2) is 0 Å². The summed E-state index contributed by atoms with van der Waals surface area (Å²) in [5.41, 5.74) is 4.41. The van der Waals surface area contributed by atoms with Crippen molar-refractivity contribution in [3.8, 4) is 5.75 Å². The van der Waals surface area contributed by atoms with E-state index >= 15 is 0 Å². The zero-order valence-electron chi connectivity index (χ0n) is 14.1. The van der Waals surface area contributed by atoms with Crippen LogP contribution in [0.3, 0.4) is 0 Å². The minimum absolute atomic E-state index is 0.730. The second-order valence-electron chi connectivity index (χ2n) is 7.77. The van der Waals surface area contributed by atoms with Crippen molar-refractivity contribution in [1.82, 2.24) is 9.88 Å². The molecule has 5 rings (SSSR count). The highest BCUT2D eigenvalue weighted by Crippen LogP contribution is 2.52. The van der Waals surface area contributed by atoms with Gasteiger partial charge in [-0.05, 0) is 54.9 Å². The molecule has 2 aliphatic heterocycles. The third-order valence-corrected chi connectivity index (χ3v) is 6.78. The first kappa shape index (κ1) is 13.9. The normalized spacial score (nSPS) is 35.1. The number of rotatable bonds is 2. The van der Waals surface area contributed by atoms with Crippen molar-refractivity contribution >= 4 is 10.9 Å². The first-order chi connectivity index (χ1) is 11.3. The number of nitrogens with one attached hydrogen (secondary N) is 1. The molecule has 1 saturated heterocycles. The monoisotopic (exact) mass is 310 g/mol. The van der Waals surface area contributed by atoms with Crippen LogP contribution >= 0.6 is 0 Å². The average Bonchev–Trinajstić information content (AvgIpc) is 2.96. The van der Waals surface area contributed by atoms with E-state index in [1.54, 1.807) is 18.4 Å². The van der Waals surface area contributed by atoms with Crippen molar-refractivity contribution in [1.29, 1.82) is 0 Å². The maximum Gasteiger partial charge on any atom is 0.119 e. The van der Waals surface area contributed by atoms with Crippen molar-refractivity contribution in [2.24, 2.45) is 11.8 Å². The molecule has 2 fully saturated rings. The number of nitrogens with zero attached hydrogens (tertiary/aromatic N) is 1. The molecule has 4 bridgehead atoms. The Labute approximate surface area is 138 Å². The second-order valence-corrected chi connectivity index (χ2v) is 7.77. The standard InChI is InChI=1S/C20H26N2O/c1-3-12-8-13-11-22-7-6-15-16-10-14(23-2)4-5-17(16)21-20(15)19(13)18(22)9-12/h4-5,10,12-13,18-19,21H,3,6-9,11H2,1-2H3/t12?,13-,18?,19-/m1/s1. The van der Waals surface area contributed by atoms with E-state index in [4.69, 9.17) is 4.74 Å². The molecule has 3 heterocycles. The second kappa shape index (κ2) is 5.01. The van der Waals surface area contributed by atoms with Gasteiger partial charge in [0.05, 0.1) is 7.11 Å². The molecule has 0 radical (unpaired) electrons. The SMILES string of the molecule is CCC1CC2[C@@H]3c4[nH]c5ccc(OC)cc5c4CCN2C[C@H]3C1. The van der Waals surface area contributed by atoms with E-state index in [0.717, 1.165) is 29.5 Å². The molecule has 1 aromatic carbocycles. The van der Waals surface area contributed by atoms with Gasteiger partial charge in [0.25, 0.3) is 0 Å². The molecule has 1 aromatic heterocycles.